The van der Waals surface area contributed by atoms with Gasteiger partial charge >= 0.3 is 0 Å². The van der Waals surface area contributed by atoms with Crippen LogP contribution in [-0.4, -0.2) is 18.6 Å². The summed E-state index contributed by atoms with van der Waals surface area (Å²) in [5, 5.41) is 13.0. The zero-order valence-electron chi connectivity index (χ0n) is 10.9. The molecule has 1 aromatic heterocycles. The average Bonchev–Trinajstić information content (AvgIpc) is 2.79. The maximum Gasteiger partial charge on any atom is 0.142 e. The molecular weight excluding hydrogens is 262 g/mol. The van der Waals surface area contributed by atoms with E-state index in [0.717, 1.165) is 11.4 Å². The molecule has 0 spiro atoms. The molecule has 0 saturated heterocycles. The fourth-order valence-electron chi connectivity index (χ4n) is 1.62. The Labute approximate surface area is 115 Å². The van der Waals surface area contributed by atoms with Gasteiger partial charge in [-0.1, -0.05) is 0 Å². The Bertz CT molecular complexity index is 631. The van der Waals surface area contributed by atoms with Crippen LogP contribution in [0.2, 0.25) is 0 Å². The van der Waals surface area contributed by atoms with E-state index in [4.69, 9.17) is 14.7 Å². The fourth-order valence-corrected chi connectivity index (χ4v) is 2.38. The van der Waals surface area contributed by atoms with E-state index >= 15 is 0 Å². The second kappa shape index (κ2) is 5.59. The quantitative estimate of drug-likeness (QED) is 0.928. The Hall–Kier alpha value is -2.26. The van der Waals surface area contributed by atoms with Crippen molar-refractivity contribution in [3.63, 3.8) is 0 Å². The minimum absolute atomic E-state index is 0.551. The summed E-state index contributed by atoms with van der Waals surface area (Å²) < 4.78 is 14.6. The number of nitrogens with one attached hydrogen (secondary N) is 1. The number of hydrogen-bond donors (Lipinski definition) is 1. The van der Waals surface area contributed by atoms with Crippen molar-refractivity contribution in [3.05, 3.63) is 29.5 Å². The van der Waals surface area contributed by atoms with Crippen LogP contribution in [0.5, 0.6) is 11.5 Å². The number of anilines is 2. The van der Waals surface area contributed by atoms with Gasteiger partial charge in [-0.15, -0.1) is 0 Å². The minimum atomic E-state index is 0.551. The Morgan fingerprint density at radius 3 is 2.74 bits per heavy atom. The van der Waals surface area contributed by atoms with Crippen molar-refractivity contribution >= 4 is 22.2 Å². The predicted octanol–water partition coefficient (Wildman–Crippen LogP) is 3.08. The average molecular weight is 275 g/mol. The molecule has 19 heavy (non-hydrogen) atoms. The van der Waals surface area contributed by atoms with E-state index in [1.54, 1.807) is 20.3 Å². The van der Waals surface area contributed by atoms with Crippen LogP contribution in [0.15, 0.2) is 18.2 Å². The van der Waals surface area contributed by atoms with Crippen LogP contribution in [0.4, 0.5) is 10.7 Å². The number of nitriles is 1. The van der Waals surface area contributed by atoms with Gasteiger partial charge < -0.3 is 14.8 Å². The van der Waals surface area contributed by atoms with Gasteiger partial charge in [-0.2, -0.15) is 9.64 Å². The van der Waals surface area contributed by atoms with Gasteiger partial charge in [-0.3, -0.25) is 0 Å². The maximum absolute atomic E-state index is 9.11. The van der Waals surface area contributed by atoms with Gasteiger partial charge in [-0.05, 0) is 30.6 Å². The molecule has 0 unspecified atom stereocenters. The first-order valence-corrected chi connectivity index (χ1v) is 6.32. The summed E-state index contributed by atoms with van der Waals surface area (Å²) in [6.07, 6.45) is 0. The van der Waals surface area contributed by atoms with Crippen molar-refractivity contribution < 1.29 is 9.47 Å². The lowest BCUT2D eigenvalue weighted by molar-refractivity contribution is 0.405. The summed E-state index contributed by atoms with van der Waals surface area (Å²) in [6.45, 7) is 1.81. The van der Waals surface area contributed by atoms with Crippen LogP contribution in [0.25, 0.3) is 0 Å². The largest absolute Gasteiger partial charge is 0.497 e. The topological polar surface area (TPSA) is 67.2 Å². The SMILES string of the molecule is COc1ccc(OC)c(Nc2snc(C)c2C#N)c1. The summed E-state index contributed by atoms with van der Waals surface area (Å²) in [5.74, 6) is 1.39. The van der Waals surface area contributed by atoms with E-state index in [1.807, 2.05) is 19.1 Å². The maximum atomic E-state index is 9.11. The summed E-state index contributed by atoms with van der Waals surface area (Å²) in [5.41, 5.74) is 2.01. The molecule has 0 aliphatic carbocycles. The molecule has 5 nitrogen and oxygen atoms in total. The second-order valence-corrected chi connectivity index (χ2v) is 4.55. The van der Waals surface area contributed by atoms with Crippen LogP contribution in [0.1, 0.15) is 11.3 Å². The number of nitrogens with zero attached hydrogens (tertiary/aromatic N) is 2. The highest BCUT2D eigenvalue weighted by atomic mass is 32.1. The first-order chi connectivity index (χ1) is 9.19. The predicted molar refractivity (Wildman–Crippen MR) is 74.4 cm³/mol. The first kappa shape index (κ1) is 13.2. The number of ether oxygens (including phenoxy) is 2. The summed E-state index contributed by atoms with van der Waals surface area (Å²) in [6, 6.07) is 7.58. The van der Waals surface area contributed by atoms with Gasteiger partial charge in [0.2, 0.25) is 0 Å². The number of methoxy groups -OCH3 is 2. The number of aryl methyl sites for hydroxylation is 1. The van der Waals surface area contributed by atoms with Crippen LogP contribution in [-0.2, 0) is 0 Å². The van der Waals surface area contributed by atoms with Gasteiger partial charge in [0, 0.05) is 6.07 Å². The van der Waals surface area contributed by atoms with Crippen molar-refractivity contribution in [3.8, 4) is 17.6 Å². The standard InChI is InChI=1S/C13H13N3O2S/c1-8-10(7-14)13(19-16-8)15-11-6-9(17-2)4-5-12(11)18-3/h4-6,15H,1-3H3. The lowest BCUT2D eigenvalue weighted by Crippen LogP contribution is -1.95. The van der Waals surface area contributed by atoms with E-state index in [1.165, 1.54) is 11.5 Å². The molecule has 0 aliphatic rings. The number of benzene rings is 1. The van der Waals surface area contributed by atoms with Gasteiger partial charge in [0.15, 0.2) is 0 Å². The highest BCUT2D eigenvalue weighted by Crippen LogP contribution is 2.34. The molecule has 6 heteroatoms. The molecular formula is C13H13N3O2S. The summed E-state index contributed by atoms with van der Waals surface area (Å²) >= 11 is 1.25. The van der Waals surface area contributed by atoms with Crippen LogP contribution < -0.4 is 14.8 Å². The molecule has 1 N–H and O–H groups in total. The lowest BCUT2D eigenvalue weighted by atomic mass is 10.2. The summed E-state index contributed by atoms with van der Waals surface area (Å²) in [4.78, 5) is 0. The van der Waals surface area contributed by atoms with Crippen molar-refractivity contribution in [1.29, 1.82) is 5.26 Å². The number of aromatic nitrogens is 1. The van der Waals surface area contributed by atoms with Crippen molar-refractivity contribution in [2.45, 2.75) is 6.92 Å². The van der Waals surface area contributed by atoms with E-state index in [2.05, 4.69) is 15.8 Å². The molecule has 2 aromatic rings. The van der Waals surface area contributed by atoms with Crippen LogP contribution in [0, 0.1) is 18.3 Å². The number of rotatable bonds is 4. The molecule has 0 radical (unpaired) electrons. The minimum Gasteiger partial charge on any atom is -0.497 e. The molecule has 0 saturated carbocycles. The molecule has 0 atom stereocenters. The zero-order chi connectivity index (χ0) is 13.8. The van der Waals surface area contributed by atoms with Crippen LogP contribution >= 0.6 is 11.5 Å². The summed E-state index contributed by atoms with van der Waals surface area (Å²) in [7, 11) is 3.19. The zero-order valence-corrected chi connectivity index (χ0v) is 11.7. The molecule has 1 heterocycles. The van der Waals surface area contributed by atoms with Crippen LogP contribution in [0.3, 0.4) is 0 Å². The highest BCUT2D eigenvalue weighted by molar-refractivity contribution is 7.10. The van der Waals surface area contributed by atoms with Gasteiger partial charge in [0.05, 0.1) is 25.6 Å². The Kier molecular flexibility index (Phi) is 3.88. The molecule has 98 valence electrons. The van der Waals surface area contributed by atoms with Crippen molar-refractivity contribution in [1.82, 2.24) is 4.37 Å². The van der Waals surface area contributed by atoms with E-state index < -0.39 is 0 Å². The van der Waals surface area contributed by atoms with E-state index in [9.17, 15) is 0 Å². The number of hydrogen-bond acceptors (Lipinski definition) is 6. The third kappa shape index (κ3) is 2.61. The Balaban J connectivity index is 2.39. The van der Waals surface area contributed by atoms with Gasteiger partial charge in [0.1, 0.15) is 28.1 Å². The highest BCUT2D eigenvalue weighted by Gasteiger charge is 2.13. The Morgan fingerprint density at radius 2 is 2.11 bits per heavy atom. The molecule has 0 aliphatic heterocycles. The molecule has 0 fully saturated rings. The van der Waals surface area contributed by atoms with Crippen molar-refractivity contribution in [2.75, 3.05) is 19.5 Å². The lowest BCUT2D eigenvalue weighted by Gasteiger charge is -2.11. The second-order valence-electron chi connectivity index (χ2n) is 3.78. The first-order valence-electron chi connectivity index (χ1n) is 5.55. The third-order valence-electron chi connectivity index (χ3n) is 2.63. The monoisotopic (exact) mass is 275 g/mol. The van der Waals surface area contributed by atoms with Gasteiger partial charge in [0.25, 0.3) is 0 Å². The molecule has 0 amide bonds. The van der Waals surface area contributed by atoms with E-state index in [0.29, 0.717) is 22.1 Å². The molecule has 1 aromatic carbocycles. The third-order valence-corrected chi connectivity index (χ3v) is 3.48. The fraction of sp³-hybridized carbons (Fsp3) is 0.231. The molecule has 2 rings (SSSR count). The molecule has 0 bridgehead atoms. The van der Waals surface area contributed by atoms with E-state index in [-0.39, 0.29) is 0 Å². The smallest absolute Gasteiger partial charge is 0.142 e. The normalized spacial score (nSPS) is 9.79. The van der Waals surface area contributed by atoms with Gasteiger partial charge in [-0.25, -0.2) is 0 Å². The van der Waals surface area contributed by atoms with Crippen molar-refractivity contribution in [2.24, 2.45) is 0 Å². The Morgan fingerprint density at radius 1 is 1.32 bits per heavy atom.